The maximum atomic E-state index is 12.2. The number of methoxy groups -OCH3 is 2. The van der Waals surface area contributed by atoms with E-state index in [2.05, 4.69) is 4.98 Å². The van der Waals surface area contributed by atoms with E-state index in [-0.39, 0.29) is 18.1 Å². The standard InChI is InChI=1S/C15H13N3O6/c1-22-12-6-9-5-10(8-17-4-3-16-15(17)18(20)21)14(19)24-11(9)7-13(12)23-2/h3-7H,8H2,1-2H3. The second-order valence-electron chi connectivity index (χ2n) is 4.92. The predicted molar refractivity (Wildman–Crippen MR) is 83.6 cm³/mol. The van der Waals surface area contributed by atoms with Crippen LogP contribution in [0.15, 0.2) is 39.8 Å². The van der Waals surface area contributed by atoms with Crippen LogP contribution in [0.4, 0.5) is 5.95 Å². The maximum absolute atomic E-state index is 12.2. The Labute approximate surface area is 135 Å². The van der Waals surface area contributed by atoms with Crippen molar-refractivity contribution in [2.75, 3.05) is 14.2 Å². The van der Waals surface area contributed by atoms with Gasteiger partial charge in [0.05, 0.1) is 19.8 Å². The van der Waals surface area contributed by atoms with Crippen LogP contribution < -0.4 is 15.1 Å². The van der Waals surface area contributed by atoms with E-state index in [1.54, 1.807) is 18.2 Å². The number of ether oxygens (including phenoxy) is 2. The van der Waals surface area contributed by atoms with Gasteiger partial charge in [0, 0.05) is 11.5 Å². The first kappa shape index (κ1) is 15.5. The Morgan fingerprint density at radius 3 is 2.62 bits per heavy atom. The predicted octanol–water partition coefficient (Wildman–Crippen LogP) is 1.96. The van der Waals surface area contributed by atoms with Gasteiger partial charge in [-0.05, 0) is 17.1 Å². The molecule has 2 heterocycles. The molecule has 0 atom stereocenters. The molecule has 0 aliphatic rings. The summed E-state index contributed by atoms with van der Waals surface area (Å²) in [7, 11) is 2.98. The van der Waals surface area contributed by atoms with E-state index >= 15 is 0 Å². The van der Waals surface area contributed by atoms with Gasteiger partial charge in [-0.25, -0.2) is 9.36 Å². The topological polar surface area (TPSA) is 110 Å². The summed E-state index contributed by atoms with van der Waals surface area (Å²) < 4.78 is 16.9. The Balaban J connectivity index is 2.09. The van der Waals surface area contributed by atoms with E-state index in [4.69, 9.17) is 13.9 Å². The summed E-state index contributed by atoms with van der Waals surface area (Å²) in [6.07, 6.45) is 2.73. The fourth-order valence-electron chi connectivity index (χ4n) is 2.38. The molecule has 0 N–H and O–H groups in total. The highest BCUT2D eigenvalue weighted by molar-refractivity contribution is 5.81. The Kier molecular flexibility index (Phi) is 3.90. The molecule has 0 bridgehead atoms. The normalized spacial score (nSPS) is 10.8. The van der Waals surface area contributed by atoms with E-state index in [1.807, 2.05) is 0 Å². The molecule has 2 aromatic heterocycles. The summed E-state index contributed by atoms with van der Waals surface area (Å²) in [6, 6.07) is 4.83. The van der Waals surface area contributed by atoms with Crippen molar-refractivity contribution < 1.29 is 18.8 Å². The number of aromatic nitrogens is 2. The van der Waals surface area contributed by atoms with Gasteiger partial charge in [0.2, 0.25) is 0 Å². The van der Waals surface area contributed by atoms with Crippen LogP contribution in [0.1, 0.15) is 5.56 Å². The van der Waals surface area contributed by atoms with Crippen molar-refractivity contribution in [2.45, 2.75) is 6.54 Å². The summed E-state index contributed by atoms with van der Waals surface area (Å²) in [4.78, 5) is 26.1. The number of imidazole rings is 1. The zero-order valence-electron chi connectivity index (χ0n) is 12.9. The van der Waals surface area contributed by atoms with Gasteiger partial charge in [-0.1, -0.05) is 4.98 Å². The summed E-state index contributed by atoms with van der Waals surface area (Å²) in [5.74, 6) is 0.575. The van der Waals surface area contributed by atoms with Crippen LogP contribution >= 0.6 is 0 Å². The Morgan fingerprint density at radius 1 is 1.25 bits per heavy atom. The van der Waals surface area contributed by atoms with E-state index in [1.165, 1.54) is 31.2 Å². The highest BCUT2D eigenvalue weighted by atomic mass is 16.6. The molecule has 0 aliphatic heterocycles. The third-order valence-corrected chi connectivity index (χ3v) is 3.51. The second-order valence-corrected chi connectivity index (χ2v) is 4.92. The highest BCUT2D eigenvalue weighted by Gasteiger charge is 2.17. The summed E-state index contributed by atoms with van der Waals surface area (Å²) >= 11 is 0. The third kappa shape index (κ3) is 2.67. The molecule has 0 saturated heterocycles. The van der Waals surface area contributed by atoms with E-state index < -0.39 is 10.5 Å². The Bertz CT molecular complexity index is 975. The molecule has 124 valence electrons. The number of benzene rings is 1. The smallest absolute Gasteiger partial charge is 0.434 e. The molecule has 0 saturated carbocycles. The van der Waals surface area contributed by atoms with Crippen molar-refractivity contribution >= 4 is 16.9 Å². The van der Waals surface area contributed by atoms with Gasteiger partial charge in [-0.2, -0.15) is 0 Å². The van der Waals surface area contributed by atoms with Crippen LogP contribution in [0.5, 0.6) is 11.5 Å². The summed E-state index contributed by atoms with van der Waals surface area (Å²) in [5, 5.41) is 11.5. The minimum absolute atomic E-state index is 0.0249. The van der Waals surface area contributed by atoms with Crippen molar-refractivity contribution in [1.29, 1.82) is 0 Å². The number of rotatable bonds is 5. The van der Waals surface area contributed by atoms with Crippen LogP contribution in [0.2, 0.25) is 0 Å². The zero-order valence-corrected chi connectivity index (χ0v) is 12.9. The van der Waals surface area contributed by atoms with Crippen molar-refractivity contribution in [3.63, 3.8) is 0 Å². The molecule has 0 aliphatic carbocycles. The molecule has 0 fully saturated rings. The highest BCUT2D eigenvalue weighted by Crippen LogP contribution is 2.31. The van der Waals surface area contributed by atoms with Crippen molar-refractivity contribution in [3.05, 3.63) is 56.7 Å². The molecule has 1 aromatic carbocycles. The van der Waals surface area contributed by atoms with Crippen LogP contribution in [0.25, 0.3) is 11.0 Å². The van der Waals surface area contributed by atoms with Gasteiger partial charge in [0.15, 0.2) is 11.5 Å². The molecule has 0 amide bonds. The number of nitro groups is 1. The maximum Gasteiger partial charge on any atom is 0.434 e. The first-order valence-corrected chi connectivity index (χ1v) is 6.87. The third-order valence-electron chi connectivity index (χ3n) is 3.51. The molecular formula is C15H13N3O6. The molecule has 3 aromatic rings. The Morgan fingerprint density at radius 2 is 1.96 bits per heavy atom. The van der Waals surface area contributed by atoms with Crippen LogP contribution in [-0.4, -0.2) is 28.7 Å². The first-order valence-electron chi connectivity index (χ1n) is 6.87. The van der Waals surface area contributed by atoms with E-state index in [9.17, 15) is 14.9 Å². The molecule has 0 unspecified atom stereocenters. The minimum Gasteiger partial charge on any atom is -0.493 e. The van der Waals surface area contributed by atoms with Crippen molar-refractivity contribution in [2.24, 2.45) is 0 Å². The van der Waals surface area contributed by atoms with Gasteiger partial charge in [-0.3, -0.25) is 0 Å². The first-order chi connectivity index (χ1) is 11.5. The summed E-state index contributed by atoms with van der Waals surface area (Å²) in [6.45, 7) is -0.0249. The van der Waals surface area contributed by atoms with Gasteiger partial charge >= 0.3 is 11.6 Å². The molecular weight excluding hydrogens is 318 g/mol. The van der Waals surface area contributed by atoms with Crippen molar-refractivity contribution in [1.82, 2.24) is 9.55 Å². The average Bonchev–Trinajstić information content (AvgIpc) is 3.03. The lowest BCUT2D eigenvalue weighted by Crippen LogP contribution is -2.13. The minimum atomic E-state index is -0.615. The van der Waals surface area contributed by atoms with Gasteiger partial charge < -0.3 is 24.0 Å². The lowest BCUT2D eigenvalue weighted by atomic mass is 10.1. The number of hydrogen-bond acceptors (Lipinski definition) is 7. The largest absolute Gasteiger partial charge is 0.493 e. The molecule has 9 nitrogen and oxygen atoms in total. The van der Waals surface area contributed by atoms with E-state index in [0.29, 0.717) is 22.5 Å². The van der Waals surface area contributed by atoms with Gasteiger partial charge in [0.25, 0.3) is 0 Å². The zero-order chi connectivity index (χ0) is 17.3. The summed E-state index contributed by atoms with van der Waals surface area (Å²) in [5.41, 5.74) is 0.00932. The SMILES string of the molecule is COc1cc2cc(Cn3ccnc3[N+](=O)[O-])c(=O)oc2cc1OC. The number of nitrogens with zero attached hydrogens (tertiary/aromatic N) is 3. The number of hydrogen-bond donors (Lipinski definition) is 0. The van der Waals surface area contributed by atoms with Gasteiger partial charge in [0.1, 0.15) is 24.5 Å². The van der Waals surface area contributed by atoms with Crippen LogP contribution in [0, 0.1) is 10.1 Å². The van der Waals surface area contributed by atoms with Gasteiger partial charge in [-0.15, -0.1) is 0 Å². The monoisotopic (exact) mass is 331 g/mol. The fraction of sp³-hybridized carbons (Fsp3) is 0.200. The lowest BCUT2D eigenvalue weighted by Gasteiger charge is -2.09. The molecule has 0 spiro atoms. The Hall–Kier alpha value is -3.36. The molecule has 24 heavy (non-hydrogen) atoms. The molecule has 3 rings (SSSR count). The van der Waals surface area contributed by atoms with Crippen LogP contribution in [0.3, 0.4) is 0 Å². The van der Waals surface area contributed by atoms with E-state index in [0.717, 1.165) is 0 Å². The average molecular weight is 331 g/mol. The molecule has 9 heteroatoms. The fourth-order valence-corrected chi connectivity index (χ4v) is 2.38. The second kappa shape index (κ2) is 6.03. The number of fused-ring (bicyclic) bond motifs is 1. The molecule has 0 radical (unpaired) electrons. The van der Waals surface area contributed by atoms with Crippen molar-refractivity contribution in [3.8, 4) is 11.5 Å². The van der Waals surface area contributed by atoms with Crippen LogP contribution in [-0.2, 0) is 6.54 Å². The quantitative estimate of drug-likeness (QED) is 0.399. The lowest BCUT2D eigenvalue weighted by molar-refractivity contribution is -0.396.